The summed E-state index contributed by atoms with van der Waals surface area (Å²) in [5.74, 6) is -0.558. The molecule has 0 heterocycles. The molecule has 0 saturated carbocycles. The van der Waals surface area contributed by atoms with E-state index < -0.39 is 11.9 Å². The summed E-state index contributed by atoms with van der Waals surface area (Å²) in [6.07, 6.45) is 1.04. The average molecular weight is 242 g/mol. The predicted octanol–water partition coefficient (Wildman–Crippen LogP) is 1.42. The summed E-state index contributed by atoms with van der Waals surface area (Å²) in [5.41, 5.74) is 2.14. The van der Waals surface area contributed by atoms with Crippen molar-refractivity contribution in [3.8, 4) is 0 Å². The van der Waals surface area contributed by atoms with Gasteiger partial charge < -0.3 is 16.1 Å². The molecule has 0 aliphatic rings. The van der Waals surface area contributed by atoms with E-state index in [9.17, 15) is 4.79 Å². The standard InChI is InChI=1S/C13H18O2.2H2O/c1-9(2)8-11-4-6-12(7-5-11)10(3)13(14)15;;/h4-7,9-10H,8H2,1-3H3,(H,14,15);2*1H2. The molecule has 0 bridgehead atoms. The van der Waals surface area contributed by atoms with Gasteiger partial charge in [-0.2, -0.15) is 0 Å². The summed E-state index contributed by atoms with van der Waals surface area (Å²) in [7, 11) is 0. The summed E-state index contributed by atoms with van der Waals surface area (Å²) < 4.78 is 0. The van der Waals surface area contributed by atoms with Crippen molar-refractivity contribution in [1.29, 1.82) is 0 Å². The van der Waals surface area contributed by atoms with Crippen LogP contribution in [0.2, 0.25) is 0 Å². The number of carboxylic acids is 1. The molecular weight excluding hydrogens is 220 g/mol. The zero-order chi connectivity index (χ0) is 11.4. The van der Waals surface area contributed by atoms with Crippen molar-refractivity contribution in [1.82, 2.24) is 0 Å². The molecule has 0 aromatic heterocycles. The third kappa shape index (κ3) is 5.47. The zero-order valence-electron chi connectivity index (χ0n) is 10.5. The van der Waals surface area contributed by atoms with Crippen molar-refractivity contribution < 1.29 is 20.9 Å². The first-order chi connectivity index (χ1) is 7.00. The number of hydrogen-bond donors (Lipinski definition) is 1. The largest absolute Gasteiger partial charge is 0.481 e. The van der Waals surface area contributed by atoms with Crippen LogP contribution < -0.4 is 0 Å². The van der Waals surface area contributed by atoms with Crippen LogP contribution in [-0.4, -0.2) is 22.0 Å². The van der Waals surface area contributed by atoms with E-state index in [0.29, 0.717) is 5.92 Å². The van der Waals surface area contributed by atoms with E-state index in [1.807, 2.05) is 24.3 Å². The fraction of sp³-hybridized carbons (Fsp3) is 0.462. The van der Waals surface area contributed by atoms with Gasteiger partial charge in [0, 0.05) is 0 Å². The van der Waals surface area contributed by atoms with Crippen LogP contribution in [0.3, 0.4) is 0 Å². The molecule has 0 spiro atoms. The lowest BCUT2D eigenvalue weighted by Crippen LogP contribution is -2.07. The highest BCUT2D eigenvalue weighted by Gasteiger charge is 2.12. The molecule has 98 valence electrons. The SMILES string of the molecule is CC(C)Cc1ccc(C(C)C(=O)O)cc1.O.O. The van der Waals surface area contributed by atoms with Crippen LogP contribution in [0.25, 0.3) is 0 Å². The Morgan fingerprint density at radius 3 is 1.94 bits per heavy atom. The van der Waals surface area contributed by atoms with Crippen molar-refractivity contribution in [3.05, 3.63) is 35.4 Å². The molecule has 1 atom stereocenters. The van der Waals surface area contributed by atoms with Gasteiger partial charge in [-0.1, -0.05) is 38.1 Å². The maximum Gasteiger partial charge on any atom is 0.310 e. The quantitative estimate of drug-likeness (QED) is 0.863. The first-order valence-corrected chi connectivity index (χ1v) is 5.32. The van der Waals surface area contributed by atoms with Crippen LogP contribution in [0, 0.1) is 5.92 Å². The molecule has 5 N–H and O–H groups in total. The van der Waals surface area contributed by atoms with Gasteiger partial charge in [0.2, 0.25) is 0 Å². The molecule has 0 fully saturated rings. The van der Waals surface area contributed by atoms with E-state index in [2.05, 4.69) is 13.8 Å². The molecule has 1 aromatic rings. The summed E-state index contributed by atoms with van der Waals surface area (Å²) in [6, 6.07) is 7.87. The van der Waals surface area contributed by atoms with E-state index >= 15 is 0 Å². The highest BCUT2D eigenvalue weighted by Crippen LogP contribution is 2.17. The van der Waals surface area contributed by atoms with Gasteiger partial charge >= 0.3 is 5.97 Å². The summed E-state index contributed by atoms with van der Waals surface area (Å²) in [4.78, 5) is 10.8. The number of carboxylic acid groups (broad SMARTS) is 1. The molecule has 4 nitrogen and oxygen atoms in total. The van der Waals surface area contributed by atoms with Crippen LogP contribution in [0.5, 0.6) is 0 Å². The Kier molecular flexibility index (Phi) is 8.27. The van der Waals surface area contributed by atoms with Crippen LogP contribution in [0.4, 0.5) is 0 Å². The molecule has 1 aromatic carbocycles. The van der Waals surface area contributed by atoms with Crippen LogP contribution >= 0.6 is 0 Å². The monoisotopic (exact) mass is 242 g/mol. The summed E-state index contributed by atoms with van der Waals surface area (Å²) in [5, 5.41) is 8.85. The first-order valence-electron chi connectivity index (χ1n) is 5.32. The number of hydrogen-bond acceptors (Lipinski definition) is 1. The molecule has 4 heteroatoms. The lowest BCUT2D eigenvalue weighted by Gasteiger charge is -2.09. The van der Waals surface area contributed by atoms with Gasteiger partial charge in [0.15, 0.2) is 0 Å². The van der Waals surface area contributed by atoms with E-state index in [0.717, 1.165) is 12.0 Å². The smallest absolute Gasteiger partial charge is 0.310 e. The Labute approximate surface area is 102 Å². The Morgan fingerprint density at radius 2 is 1.59 bits per heavy atom. The fourth-order valence-electron chi connectivity index (χ4n) is 1.56. The van der Waals surface area contributed by atoms with E-state index in [4.69, 9.17) is 5.11 Å². The Bertz CT molecular complexity index is 330. The van der Waals surface area contributed by atoms with E-state index in [1.165, 1.54) is 5.56 Å². The number of aliphatic carboxylic acids is 1. The van der Waals surface area contributed by atoms with Gasteiger partial charge in [-0.3, -0.25) is 4.79 Å². The van der Waals surface area contributed by atoms with Crippen molar-refractivity contribution in [2.75, 3.05) is 0 Å². The van der Waals surface area contributed by atoms with E-state index in [1.54, 1.807) is 6.92 Å². The zero-order valence-corrected chi connectivity index (χ0v) is 10.5. The molecule has 1 unspecified atom stereocenters. The van der Waals surface area contributed by atoms with Gasteiger partial charge in [-0.25, -0.2) is 0 Å². The second-order valence-electron chi connectivity index (χ2n) is 4.40. The topological polar surface area (TPSA) is 100 Å². The molecule has 0 amide bonds. The van der Waals surface area contributed by atoms with Crippen molar-refractivity contribution in [2.24, 2.45) is 5.92 Å². The second-order valence-corrected chi connectivity index (χ2v) is 4.40. The van der Waals surface area contributed by atoms with Crippen molar-refractivity contribution in [3.63, 3.8) is 0 Å². The van der Waals surface area contributed by atoms with Gasteiger partial charge in [-0.15, -0.1) is 0 Å². The van der Waals surface area contributed by atoms with E-state index in [-0.39, 0.29) is 11.0 Å². The Hall–Kier alpha value is -1.39. The third-order valence-electron chi connectivity index (χ3n) is 2.49. The second kappa shape index (κ2) is 7.81. The molecule has 0 aliphatic heterocycles. The average Bonchev–Trinajstić information content (AvgIpc) is 2.17. The molecule has 0 saturated heterocycles. The molecule has 17 heavy (non-hydrogen) atoms. The summed E-state index contributed by atoms with van der Waals surface area (Å²) >= 11 is 0. The molecular formula is C13H22O4. The third-order valence-corrected chi connectivity index (χ3v) is 2.49. The minimum absolute atomic E-state index is 0. The maximum absolute atomic E-state index is 10.8. The molecule has 1 rings (SSSR count). The Morgan fingerprint density at radius 1 is 1.12 bits per heavy atom. The van der Waals surface area contributed by atoms with Gasteiger partial charge in [0.05, 0.1) is 5.92 Å². The maximum atomic E-state index is 10.8. The van der Waals surface area contributed by atoms with Gasteiger partial charge in [-0.05, 0) is 30.4 Å². The minimum Gasteiger partial charge on any atom is -0.481 e. The number of carbonyl (C=O) groups is 1. The predicted molar refractivity (Wildman–Crippen MR) is 68.3 cm³/mol. The van der Waals surface area contributed by atoms with Crippen molar-refractivity contribution in [2.45, 2.75) is 33.1 Å². The number of rotatable bonds is 4. The van der Waals surface area contributed by atoms with Crippen molar-refractivity contribution >= 4 is 5.97 Å². The molecule has 0 radical (unpaired) electrons. The first kappa shape index (κ1) is 18.0. The lowest BCUT2D eigenvalue weighted by atomic mass is 9.97. The lowest BCUT2D eigenvalue weighted by molar-refractivity contribution is -0.138. The van der Waals surface area contributed by atoms with Crippen LogP contribution in [0.1, 0.15) is 37.8 Å². The highest BCUT2D eigenvalue weighted by atomic mass is 16.4. The van der Waals surface area contributed by atoms with Crippen LogP contribution in [-0.2, 0) is 11.2 Å². The Balaban J connectivity index is 0. The van der Waals surface area contributed by atoms with Crippen LogP contribution in [0.15, 0.2) is 24.3 Å². The highest BCUT2D eigenvalue weighted by molar-refractivity contribution is 5.75. The molecule has 0 aliphatic carbocycles. The fourth-order valence-corrected chi connectivity index (χ4v) is 1.56. The van der Waals surface area contributed by atoms with Gasteiger partial charge in [0.25, 0.3) is 0 Å². The number of benzene rings is 1. The normalized spacial score (nSPS) is 11.3. The minimum atomic E-state index is -0.772. The van der Waals surface area contributed by atoms with Gasteiger partial charge in [0.1, 0.15) is 0 Å². The summed E-state index contributed by atoms with van der Waals surface area (Å²) in [6.45, 7) is 6.06.